The lowest BCUT2D eigenvalue weighted by molar-refractivity contribution is -0.176. The van der Waals surface area contributed by atoms with Crippen LogP contribution in [-0.4, -0.2) is 27.7 Å². The molecule has 0 saturated carbocycles. The first kappa shape index (κ1) is 10.8. The zero-order valence-corrected chi connectivity index (χ0v) is 6.25. The van der Waals surface area contributed by atoms with Crippen LogP contribution in [-0.2, 0) is 9.53 Å². The minimum Gasteiger partial charge on any atom is -0.465 e. The van der Waals surface area contributed by atoms with E-state index in [0.29, 0.717) is 0 Å². The van der Waals surface area contributed by atoms with Crippen molar-refractivity contribution in [3.05, 3.63) is 25.0 Å². The third kappa shape index (κ3) is 2.46. The van der Waals surface area contributed by atoms with E-state index in [0.717, 1.165) is 0 Å². The first-order chi connectivity index (χ1) is 5.75. The number of carbonyl (C=O) groups is 1. The molecule has 3 N–H and O–H groups in total. The fourth-order valence-electron chi connectivity index (χ4n) is 0.726. The number of hydrogen-bond donors (Lipinski definition) is 3. The van der Waals surface area contributed by atoms with Crippen LogP contribution < -0.4 is 0 Å². The number of carbonyl (C=O) groups excluding carboxylic acids is 1. The lowest BCUT2D eigenvalue weighted by Crippen LogP contribution is -2.30. The molecule has 5 heteroatoms. The Morgan fingerprint density at radius 2 is 2.17 bits per heavy atom. The third-order valence-corrected chi connectivity index (χ3v) is 1.32. The van der Waals surface area contributed by atoms with Gasteiger partial charge >= 0.3 is 0 Å². The molecule has 2 atom stereocenters. The molecule has 1 aliphatic rings. The highest BCUT2D eigenvalue weighted by Gasteiger charge is 2.24. The van der Waals surface area contributed by atoms with Gasteiger partial charge in [-0.15, -0.1) is 6.58 Å². The van der Waals surface area contributed by atoms with Gasteiger partial charge in [0, 0.05) is 0 Å². The topological polar surface area (TPSA) is 87.0 Å². The molecule has 0 amide bonds. The molecule has 0 fully saturated rings. The molecule has 0 spiro atoms. The van der Waals surface area contributed by atoms with E-state index >= 15 is 0 Å². The van der Waals surface area contributed by atoms with Crippen LogP contribution in [0.2, 0.25) is 0 Å². The van der Waals surface area contributed by atoms with E-state index in [4.69, 9.17) is 15.6 Å². The van der Waals surface area contributed by atoms with Crippen LogP contribution in [0.1, 0.15) is 0 Å². The van der Waals surface area contributed by atoms with E-state index in [9.17, 15) is 4.79 Å². The van der Waals surface area contributed by atoms with Crippen molar-refractivity contribution in [1.82, 2.24) is 0 Å². The van der Waals surface area contributed by atoms with Gasteiger partial charge in [0.05, 0.1) is 12.2 Å². The second kappa shape index (κ2) is 5.48. The summed E-state index contributed by atoms with van der Waals surface area (Å²) in [5, 5.41) is 20.8. The molecule has 0 aromatic carbocycles. The maximum Gasteiger partial charge on any atom is 0.257 e. The van der Waals surface area contributed by atoms with Crippen LogP contribution in [0.15, 0.2) is 25.0 Å². The molecule has 0 saturated heterocycles. The van der Waals surface area contributed by atoms with Gasteiger partial charge in [-0.1, -0.05) is 6.08 Å². The van der Waals surface area contributed by atoms with Gasteiger partial charge in [0.2, 0.25) is 5.78 Å². The number of allylic oxidation sites excluding steroid dienone is 2. The van der Waals surface area contributed by atoms with Crippen LogP contribution in [0.4, 0.5) is 0 Å². The minimum atomic E-state index is -1.31. The van der Waals surface area contributed by atoms with Crippen LogP contribution >= 0.6 is 0 Å². The summed E-state index contributed by atoms with van der Waals surface area (Å²) in [4.78, 5) is 10.9. The number of aliphatic hydroxyl groups excluding tert-OH is 1. The van der Waals surface area contributed by atoms with Crippen molar-refractivity contribution in [2.75, 3.05) is 0 Å². The molecule has 2 unspecified atom stereocenters. The molecular formula is C7H10O5. The number of ketones is 1. The fraction of sp³-hybridized carbons (Fsp3) is 0.286. The Kier molecular flexibility index (Phi) is 4.94. The first-order valence-corrected chi connectivity index (χ1v) is 3.12. The predicted octanol–water partition coefficient (Wildman–Crippen LogP) is 0.237. The van der Waals surface area contributed by atoms with Gasteiger partial charge in [-0.2, -0.15) is 0 Å². The Labute approximate surface area is 69.1 Å². The van der Waals surface area contributed by atoms with Crippen LogP contribution in [0, 0.1) is 5.92 Å². The molecule has 12 heavy (non-hydrogen) atoms. The number of hydrogen-bond acceptors (Lipinski definition) is 5. The van der Waals surface area contributed by atoms with Gasteiger partial charge in [0.15, 0.2) is 0 Å². The molecule has 5 nitrogen and oxygen atoms in total. The van der Waals surface area contributed by atoms with Crippen molar-refractivity contribution in [2.45, 2.75) is 6.29 Å². The second-order valence-electron chi connectivity index (χ2n) is 1.98. The Morgan fingerprint density at radius 3 is 2.58 bits per heavy atom. The van der Waals surface area contributed by atoms with Crippen molar-refractivity contribution in [1.29, 1.82) is 0 Å². The molecule has 68 valence electrons. The zero-order valence-electron chi connectivity index (χ0n) is 6.25. The van der Waals surface area contributed by atoms with E-state index in [1.807, 2.05) is 0 Å². The normalized spacial score (nSPS) is 26.8. The molecule has 0 aliphatic carbocycles. The number of Topliss-reactive ketones (excluding diaryl/α,β-unsaturated/α-hetero) is 1. The van der Waals surface area contributed by atoms with Crippen LogP contribution in [0.3, 0.4) is 0 Å². The van der Waals surface area contributed by atoms with E-state index in [-0.39, 0.29) is 5.78 Å². The number of aliphatic hydroxyl groups is 1. The highest BCUT2D eigenvalue weighted by atomic mass is 17.0. The summed E-state index contributed by atoms with van der Waals surface area (Å²) >= 11 is 0. The molecule has 1 heterocycles. The summed E-state index contributed by atoms with van der Waals surface area (Å²) in [6, 6.07) is 0. The molecule has 0 aromatic heterocycles. The lowest BCUT2D eigenvalue weighted by Gasteiger charge is -2.16. The lowest BCUT2D eigenvalue weighted by atomic mass is 10.0. The standard InChI is InChI=1S/C7H8O3.H2O2/c1-2-5-3-4-10-7(9)6(5)8;1-2/h2-5,7,9H,1H2;1-2H. The van der Waals surface area contributed by atoms with Crippen LogP contribution in [0.25, 0.3) is 0 Å². The predicted molar refractivity (Wildman–Crippen MR) is 40.2 cm³/mol. The summed E-state index contributed by atoms with van der Waals surface area (Å²) < 4.78 is 4.50. The summed E-state index contributed by atoms with van der Waals surface area (Å²) in [6.45, 7) is 3.43. The maximum atomic E-state index is 10.9. The summed E-state index contributed by atoms with van der Waals surface area (Å²) in [6.07, 6.45) is 3.00. The average molecular weight is 174 g/mol. The monoisotopic (exact) mass is 174 g/mol. The Bertz CT molecular complexity index is 186. The molecule has 1 aliphatic heterocycles. The summed E-state index contributed by atoms with van der Waals surface area (Å²) in [5.41, 5.74) is 0. The van der Waals surface area contributed by atoms with Gasteiger partial charge in [-0.25, -0.2) is 0 Å². The van der Waals surface area contributed by atoms with Gasteiger partial charge in [-0.05, 0) is 6.08 Å². The molecule has 0 radical (unpaired) electrons. The van der Waals surface area contributed by atoms with E-state index in [1.165, 1.54) is 12.3 Å². The van der Waals surface area contributed by atoms with Gasteiger partial charge in [-0.3, -0.25) is 15.3 Å². The quantitative estimate of drug-likeness (QED) is 0.301. The third-order valence-electron chi connectivity index (χ3n) is 1.32. The molecule has 1 rings (SSSR count). The second-order valence-corrected chi connectivity index (χ2v) is 1.98. The smallest absolute Gasteiger partial charge is 0.257 e. The van der Waals surface area contributed by atoms with Crippen molar-refractivity contribution < 1.29 is 25.2 Å². The Morgan fingerprint density at radius 1 is 1.58 bits per heavy atom. The van der Waals surface area contributed by atoms with Crippen molar-refractivity contribution in [3.63, 3.8) is 0 Å². The van der Waals surface area contributed by atoms with E-state index < -0.39 is 12.2 Å². The largest absolute Gasteiger partial charge is 0.465 e. The fourth-order valence-corrected chi connectivity index (χ4v) is 0.726. The zero-order chi connectivity index (χ0) is 9.56. The van der Waals surface area contributed by atoms with Gasteiger partial charge < -0.3 is 9.84 Å². The first-order valence-electron chi connectivity index (χ1n) is 3.12. The van der Waals surface area contributed by atoms with Crippen molar-refractivity contribution >= 4 is 5.78 Å². The summed E-state index contributed by atoms with van der Waals surface area (Å²) in [7, 11) is 0. The average Bonchev–Trinajstić information content (AvgIpc) is 2.13. The van der Waals surface area contributed by atoms with Crippen LogP contribution in [0.5, 0.6) is 0 Å². The highest BCUT2D eigenvalue weighted by molar-refractivity contribution is 5.87. The number of rotatable bonds is 1. The highest BCUT2D eigenvalue weighted by Crippen LogP contribution is 2.11. The molecule has 0 aromatic rings. The summed E-state index contributed by atoms with van der Waals surface area (Å²) in [5.74, 6) is -0.763. The number of ether oxygens (including phenoxy) is 1. The molecule has 0 bridgehead atoms. The van der Waals surface area contributed by atoms with Crippen molar-refractivity contribution in [3.8, 4) is 0 Å². The SMILES string of the molecule is C=CC1C=COC(O)C1=O.OO. The van der Waals surface area contributed by atoms with Crippen molar-refractivity contribution in [2.24, 2.45) is 5.92 Å². The van der Waals surface area contributed by atoms with Gasteiger partial charge in [0.1, 0.15) is 0 Å². The molecular weight excluding hydrogens is 164 g/mol. The Hall–Kier alpha value is -1.17. The Balaban J connectivity index is 0.000000561. The van der Waals surface area contributed by atoms with E-state index in [2.05, 4.69) is 11.3 Å². The minimum absolute atomic E-state index is 0.363. The van der Waals surface area contributed by atoms with Gasteiger partial charge in [0.25, 0.3) is 6.29 Å². The maximum absolute atomic E-state index is 10.9. The van der Waals surface area contributed by atoms with E-state index in [1.54, 1.807) is 6.08 Å².